The molecule has 0 aromatic carbocycles. The average Bonchev–Trinajstić information content (AvgIpc) is 3.17. The van der Waals surface area contributed by atoms with Crippen molar-refractivity contribution in [2.45, 2.75) is 31.8 Å². The van der Waals surface area contributed by atoms with Crippen molar-refractivity contribution in [3.63, 3.8) is 0 Å². The number of hydrogen-bond donors (Lipinski definition) is 3. The number of carbonyl (C=O) groups excluding carboxylic acids is 1. The van der Waals surface area contributed by atoms with Crippen LogP contribution in [0.1, 0.15) is 24.2 Å². The molecule has 0 saturated carbocycles. The Morgan fingerprint density at radius 2 is 2.04 bits per heavy atom. The molecule has 0 bridgehead atoms. The second-order valence-electron chi connectivity index (χ2n) is 6.91. The zero-order valence-corrected chi connectivity index (χ0v) is 16.4. The second-order valence-corrected chi connectivity index (χ2v) is 6.91. The van der Waals surface area contributed by atoms with Gasteiger partial charge in [-0.1, -0.05) is 0 Å². The SMILES string of the molecule is Cc1cnc(CNC(=O)C2(N)CCN(c3ncnc4[nH]ccc34)CC2)cn1.Cl. The van der Waals surface area contributed by atoms with Gasteiger partial charge in [0.2, 0.25) is 5.91 Å². The maximum absolute atomic E-state index is 12.6. The van der Waals surface area contributed by atoms with Gasteiger partial charge in [-0.3, -0.25) is 14.8 Å². The summed E-state index contributed by atoms with van der Waals surface area (Å²) in [4.78, 5) is 35.0. The maximum atomic E-state index is 12.6. The fraction of sp³-hybridized carbons (Fsp3) is 0.389. The van der Waals surface area contributed by atoms with E-state index in [-0.39, 0.29) is 18.3 Å². The fourth-order valence-electron chi connectivity index (χ4n) is 3.31. The monoisotopic (exact) mass is 402 g/mol. The van der Waals surface area contributed by atoms with Crippen molar-refractivity contribution in [1.29, 1.82) is 0 Å². The summed E-state index contributed by atoms with van der Waals surface area (Å²) in [5, 5.41) is 3.87. The van der Waals surface area contributed by atoms with Crippen molar-refractivity contribution >= 4 is 35.2 Å². The van der Waals surface area contributed by atoms with Gasteiger partial charge in [-0.2, -0.15) is 0 Å². The van der Waals surface area contributed by atoms with Crippen LogP contribution in [0.5, 0.6) is 0 Å². The number of aryl methyl sites for hydroxylation is 1. The molecule has 0 atom stereocenters. The first-order valence-electron chi connectivity index (χ1n) is 8.93. The van der Waals surface area contributed by atoms with Gasteiger partial charge in [-0.15, -0.1) is 12.4 Å². The van der Waals surface area contributed by atoms with Crippen LogP contribution < -0.4 is 16.0 Å². The predicted molar refractivity (Wildman–Crippen MR) is 108 cm³/mol. The number of aromatic amines is 1. The molecular formula is C18H23ClN8O. The molecule has 1 amide bonds. The van der Waals surface area contributed by atoms with E-state index in [4.69, 9.17) is 5.73 Å². The average molecular weight is 403 g/mol. The summed E-state index contributed by atoms with van der Waals surface area (Å²) in [5.41, 5.74) is 7.88. The number of carbonyl (C=O) groups is 1. The van der Waals surface area contributed by atoms with E-state index in [0.717, 1.165) is 22.5 Å². The first-order valence-corrected chi connectivity index (χ1v) is 8.93. The number of fused-ring (bicyclic) bond motifs is 1. The molecule has 4 heterocycles. The summed E-state index contributed by atoms with van der Waals surface area (Å²) < 4.78 is 0. The number of aromatic nitrogens is 5. The first-order chi connectivity index (χ1) is 13.0. The highest BCUT2D eigenvalue weighted by Gasteiger charge is 2.38. The fourth-order valence-corrected chi connectivity index (χ4v) is 3.31. The summed E-state index contributed by atoms with van der Waals surface area (Å²) in [6.45, 7) is 3.51. The van der Waals surface area contributed by atoms with Crippen molar-refractivity contribution in [3.05, 3.63) is 42.4 Å². The van der Waals surface area contributed by atoms with Gasteiger partial charge in [0.25, 0.3) is 0 Å². The standard InChI is InChI=1S/C18H22N8O.ClH/c1-12-8-22-13(9-21-12)10-23-17(27)18(19)3-6-26(7-4-18)16-14-2-5-20-15(14)24-11-25-16;/h2,5,8-9,11H,3-4,6-7,10,19H2,1H3,(H,23,27)(H,20,24,25);1H. The number of nitrogens with one attached hydrogen (secondary N) is 2. The molecule has 10 heteroatoms. The van der Waals surface area contributed by atoms with Crippen LogP contribution in [0.4, 0.5) is 5.82 Å². The van der Waals surface area contributed by atoms with Gasteiger partial charge >= 0.3 is 0 Å². The van der Waals surface area contributed by atoms with Crippen molar-refractivity contribution in [3.8, 4) is 0 Å². The third kappa shape index (κ3) is 3.90. The van der Waals surface area contributed by atoms with E-state index in [9.17, 15) is 4.79 Å². The van der Waals surface area contributed by atoms with Crippen LogP contribution >= 0.6 is 12.4 Å². The molecule has 1 aliphatic heterocycles. The van der Waals surface area contributed by atoms with Crippen LogP contribution in [0.2, 0.25) is 0 Å². The molecule has 0 radical (unpaired) electrons. The van der Waals surface area contributed by atoms with Crippen molar-refractivity contribution < 1.29 is 4.79 Å². The van der Waals surface area contributed by atoms with E-state index < -0.39 is 5.54 Å². The number of H-pyrrole nitrogens is 1. The molecule has 3 aromatic rings. The van der Waals surface area contributed by atoms with Gasteiger partial charge in [-0.05, 0) is 25.8 Å². The number of nitrogens with two attached hydrogens (primary N) is 1. The molecule has 1 saturated heterocycles. The summed E-state index contributed by atoms with van der Waals surface area (Å²) >= 11 is 0. The zero-order chi connectivity index (χ0) is 18.9. The Hall–Kier alpha value is -2.78. The molecule has 4 rings (SSSR count). The lowest BCUT2D eigenvalue weighted by Crippen LogP contribution is -2.59. The zero-order valence-electron chi connectivity index (χ0n) is 15.6. The van der Waals surface area contributed by atoms with E-state index in [1.807, 2.05) is 19.2 Å². The third-order valence-electron chi connectivity index (χ3n) is 5.00. The molecule has 0 spiro atoms. The number of piperidine rings is 1. The van der Waals surface area contributed by atoms with Gasteiger partial charge in [0.15, 0.2) is 0 Å². The Morgan fingerprint density at radius 3 is 2.75 bits per heavy atom. The number of anilines is 1. The molecule has 0 unspecified atom stereocenters. The number of nitrogens with zero attached hydrogens (tertiary/aromatic N) is 5. The molecule has 3 aromatic heterocycles. The molecule has 9 nitrogen and oxygen atoms in total. The van der Waals surface area contributed by atoms with Gasteiger partial charge in [0.05, 0.1) is 35.1 Å². The minimum Gasteiger partial charge on any atom is -0.356 e. The predicted octanol–water partition coefficient (Wildman–Crippen LogP) is 1.09. The highest BCUT2D eigenvalue weighted by Crippen LogP contribution is 2.28. The summed E-state index contributed by atoms with van der Waals surface area (Å²) in [6, 6.07) is 1.96. The molecule has 28 heavy (non-hydrogen) atoms. The van der Waals surface area contributed by atoms with Crippen LogP contribution in [-0.2, 0) is 11.3 Å². The van der Waals surface area contributed by atoms with E-state index >= 15 is 0 Å². The summed E-state index contributed by atoms with van der Waals surface area (Å²) in [6.07, 6.45) is 7.85. The number of rotatable bonds is 4. The van der Waals surface area contributed by atoms with Gasteiger partial charge in [-0.25, -0.2) is 9.97 Å². The highest BCUT2D eigenvalue weighted by molar-refractivity contribution is 5.88. The van der Waals surface area contributed by atoms with Crippen LogP contribution in [-0.4, -0.2) is 49.5 Å². The van der Waals surface area contributed by atoms with Gasteiger partial charge in [0, 0.05) is 25.5 Å². The lowest BCUT2D eigenvalue weighted by molar-refractivity contribution is -0.127. The number of hydrogen-bond acceptors (Lipinski definition) is 7. The summed E-state index contributed by atoms with van der Waals surface area (Å²) in [7, 11) is 0. The Kier molecular flexibility index (Phi) is 5.76. The molecular weight excluding hydrogens is 380 g/mol. The van der Waals surface area contributed by atoms with E-state index in [2.05, 4.69) is 35.1 Å². The lowest BCUT2D eigenvalue weighted by Gasteiger charge is -2.38. The normalized spacial score (nSPS) is 15.9. The summed E-state index contributed by atoms with van der Waals surface area (Å²) in [5.74, 6) is 0.720. The molecule has 148 valence electrons. The highest BCUT2D eigenvalue weighted by atomic mass is 35.5. The minimum absolute atomic E-state index is 0. The maximum Gasteiger partial charge on any atom is 0.240 e. The van der Waals surface area contributed by atoms with Crippen LogP contribution in [0, 0.1) is 6.92 Å². The van der Waals surface area contributed by atoms with E-state index in [1.54, 1.807) is 18.7 Å². The van der Waals surface area contributed by atoms with Crippen molar-refractivity contribution in [2.75, 3.05) is 18.0 Å². The Labute approximate surface area is 168 Å². The molecule has 4 N–H and O–H groups in total. The van der Waals surface area contributed by atoms with Gasteiger partial charge in [0.1, 0.15) is 17.8 Å². The van der Waals surface area contributed by atoms with Crippen LogP contribution in [0.3, 0.4) is 0 Å². The lowest BCUT2D eigenvalue weighted by atomic mass is 9.87. The van der Waals surface area contributed by atoms with Crippen LogP contribution in [0.15, 0.2) is 31.0 Å². The topological polar surface area (TPSA) is 126 Å². The largest absolute Gasteiger partial charge is 0.356 e. The molecule has 1 aliphatic rings. The second kappa shape index (κ2) is 8.07. The first kappa shape index (κ1) is 20.0. The third-order valence-corrected chi connectivity index (χ3v) is 5.00. The van der Waals surface area contributed by atoms with Gasteiger partial charge < -0.3 is 20.9 Å². The molecule has 1 fully saturated rings. The van der Waals surface area contributed by atoms with Crippen molar-refractivity contribution in [1.82, 2.24) is 30.2 Å². The van der Waals surface area contributed by atoms with E-state index in [1.165, 1.54) is 0 Å². The Balaban J connectivity index is 0.00000225. The number of halogens is 1. The number of amides is 1. The quantitative estimate of drug-likeness (QED) is 0.596. The smallest absolute Gasteiger partial charge is 0.240 e. The van der Waals surface area contributed by atoms with Crippen molar-refractivity contribution in [2.24, 2.45) is 5.73 Å². The Morgan fingerprint density at radius 1 is 1.25 bits per heavy atom. The van der Waals surface area contributed by atoms with Crippen LogP contribution in [0.25, 0.3) is 11.0 Å². The van der Waals surface area contributed by atoms with E-state index in [0.29, 0.717) is 38.2 Å². The minimum atomic E-state index is -0.890. The molecule has 0 aliphatic carbocycles. The Bertz CT molecular complexity index is 950.